The zero-order chi connectivity index (χ0) is 23.5. The first-order valence-electron chi connectivity index (χ1n) is 12.6. The lowest BCUT2D eigenvalue weighted by Gasteiger charge is -2.34. The summed E-state index contributed by atoms with van der Waals surface area (Å²) in [5, 5.41) is 0. The maximum atomic E-state index is 13.6. The van der Waals surface area contributed by atoms with Gasteiger partial charge in [0.15, 0.2) is 0 Å². The van der Waals surface area contributed by atoms with Crippen molar-refractivity contribution < 1.29 is 4.79 Å². The molecule has 0 bridgehead atoms. The normalized spacial score (nSPS) is 18.1. The number of carbonyl (C=O) groups excluding carboxylic acids is 1. The van der Waals surface area contributed by atoms with Gasteiger partial charge in [0.05, 0.1) is 12.4 Å². The first kappa shape index (κ1) is 22.6. The van der Waals surface area contributed by atoms with E-state index >= 15 is 0 Å². The molecule has 0 N–H and O–H groups in total. The Morgan fingerprint density at radius 3 is 2.26 bits per heavy atom. The number of hydrogen-bond acceptors (Lipinski definition) is 2. The molecule has 3 aromatic rings. The van der Waals surface area contributed by atoms with Crippen molar-refractivity contribution in [2.75, 3.05) is 24.7 Å². The van der Waals surface area contributed by atoms with Gasteiger partial charge in [-0.2, -0.15) is 0 Å². The van der Waals surface area contributed by atoms with Crippen molar-refractivity contribution in [3.63, 3.8) is 0 Å². The quantitative estimate of drug-likeness (QED) is 0.395. The maximum absolute atomic E-state index is 13.6. The van der Waals surface area contributed by atoms with Crippen molar-refractivity contribution in [1.29, 1.82) is 0 Å². The molecule has 0 spiro atoms. The van der Waals surface area contributed by atoms with Gasteiger partial charge in [-0.05, 0) is 59.9 Å². The Morgan fingerprint density at radius 2 is 1.56 bits per heavy atom. The SMILES string of the molecule is CC(C)c1ccc(C=C2C(=O)N(CN3CCC(Cc4ccccc4)CC3)c3ccccc32)cc1. The number of rotatable bonds is 6. The molecule has 2 aliphatic rings. The number of anilines is 1. The smallest absolute Gasteiger partial charge is 0.260 e. The van der Waals surface area contributed by atoms with Gasteiger partial charge in [0.25, 0.3) is 5.91 Å². The van der Waals surface area contributed by atoms with Crippen molar-refractivity contribution in [3.05, 3.63) is 101 Å². The monoisotopic (exact) mass is 450 g/mol. The molecule has 3 nitrogen and oxygen atoms in total. The van der Waals surface area contributed by atoms with Crippen LogP contribution in [0.5, 0.6) is 0 Å². The first-order valence-corrected chi connectivity index (χ1v) is 12.6. The highest BCUT2D eigenvalue weighted by molar-refractivity contribution is 6.35. The Hall–Kier alpha value is -3.17. The molecule has 0 unspecified atom stereocenters. The van der Waals surface area contributed by atoms with Crippen molar-refractivity contribution in [3.8, 4) is 0 Å². The fraction of sp³-hybridized carbons (Fsp3) is 0.323. The van der Waals surface area contributed by atoms with E-state index in [4.69, 9.17) is 0 Å². The van der Waals surface area contributed by atoms with Gasteiger partial charge in [0, 0.05) is 24.2 Å². The number of carbonyl (C=O) groups is 1. The maximum Gasteiger partial charge on any atom is 0.260 e. The third kappa shape index (κ3) is 4.85. The van der Waals surface area contributed by atoms with Gasteiger partial charge >= 0.3 is 0 Å². The summed E-state index contributed by atoms with van der Waals surface area (Å²) in [6.07, 6.45) is 5.58. The minimum absolute atomic E-state index is 0.112. The second kappa shape index (κ2) is 9.99. The van der Waals surface area contributed by atoms with Crippen LogP contribution in [0.4, 0.5) is 5.69 Å². The Balaban J connectivity index is 1.28. The Labute approximate surface area is 203 Å². The number of amides is 1. The molecule has 34 heavy (non-hydrogen) atoms. The van der Waals surface area contributed by atoms with Crippen molar-refractivity contribution in [2.45, 2.75) is 39.0 Å². The topological polar surface area (TPSA) is 23.6 Å². The molecule has 0 atom stereocenters. The molecule has 0 radical (unpaired) electrons. The van der Waals surface area contributed by atoms with Gasteiger partial charge in [-0.15, -0.1) is 0 Å². The van der Waals surface area contributed by atoms with Crippen molar-refractivity contribution >= 4 is 23.2 Å². The van der Waals surface area contributed by atoms with E-state index in [1.54, 1.807) is 0 Å². The summed E-state index contributed by atoms with van der Waals surface area (Å²) < 4.78 is 0. The second-order valence-electron chi connectivity index (χ2n) is 10.0. The van der Waals surface area contributed by atoms with Gasteiger partial charge in [-0.3, -0.25) is 14.6 Å². The van der Waals surface area contributed by atoms with E-state index in [0.29, 0.717) is 12.6 Å². The molecule has 3 aromatic carbocycles. The number of hydrogen-bond donors (Lipinski definition) is 0. The fourth-order valence-corrected chi connectivity index (χ4v) is 5.21. The summed E-state index contributed by atoms with van der Waals surface area (Å²) in [7, 11) is 0. The molecule has 1 amide bonds. The van der Waals surface area contributed by atoms with Crippen molar-refractivity contribution in [2.24, 2.45) is 5.92 Å². The van der Waals surface area contributed by atoms with E-state index in [1.165, 1.54) is 24.0 Å². The molecule has 1 saturated heterocycles. The molecule has 0 saturated carbocycles. The number of fused-ring (bicyclic) bond motifs is 1. The van der Waals surface area contributed by atoms with Crippen LogP contribution >= 0.6 is 0 Å². The molecule has 2 aliphatic heterocycles. The average Bonchev–Trinajstić information content (AvgIpc) is 3.12. The van der Waals surface area contributed by atoms with E-state index in [9.17, 15) is 4.79 Å². The molecule has 174 valence electrons. The lowest BCUT2D eigenvalue weighted by atomic mass is 9.90. The third-order valence-electron chi connectivity index (χ3n) is 7.29. The van der Waals surface area contributed by atoms with Crippen LogP contribution in [0.1, 0.15) is 54.9 Å². The molecule has 2 heterocycles. The predicted molar refractivity (Wildman–Crippen MR) is 142 cm³/mol. The number of benzene rings is 3. The fourth-order valence-electron chi connectivity index (χ4n) is 5.21. The van der Waals surface area contributed by atoms with Gasteiger partial charge in [0.2, 0.25) is 0 Å². The molecule has 0 aliphatic carbocycles. The zero-order valence-electron chi connectivity index (χ0n) is 20.3. The molecule has 3 heteroatoms. The summed E-state index contributed by atoms with van der Waals surface area (Å²) >= 11 is 0. The van der Waals surface area contributed by atoms with Crippen LogP contribution in [-0.2, 0) is 11.2 Å². The highest BCUT2D eigenvalue weighted by atomic mass is 16.2. The Bertz CT molecular complexity index is 1160. The summed E-state index contributed by atoms with van der Waals surface area (Å²) in [4.78, 5) is 18.0. The van der Waals surface area contributed by atoms with E-state index in [-0.39, 0.29) is 5.91 Å². The van der Waals surface area contributed by atoms with E-state index in [0.717, 1.165) is 47.8 Å². The summed E-state index contributed by atoms with van der Waals surface area (Å²) in [6.45, 7) is 7.15. The van der Waals surface area contributed by atoms with Gasteiger partial charge in [-0.25, -0.2) is 0 Å². The van der Waals surface area contributed by atoms with Gasteiger partial charge < -0.3 is 0 Å². The van der Waals surface area contributed by atoms with E-state index < -0.39 is 0 Å². The van der Waals surface area contributed by atoms with Crippen LogP contribution in [0.15, 0.2) is 78.9 Å². The van der Waals surface area contributed by atoms with Crippen LogP contribution in [0, 0.1) is 5.92 Å². The van der Waals surface area contributed by atoms with Crippen molar-refractivity contribution in [1.82, 2.24) is 4.90 Å². The first-order chi connectivity index (χ1) is 16.6. The number of piperidine rings is 1. The highest BCUT2D eigenvalue weighted by Gasteiger charge is 2.33. The Morgan fingerprint density at radius 1 is 0.882 bits per heavy atom. The molecule has 1 fully saturated rings. The zero-order valence-corrected chi connectivity index (χ0v) is 20.3. The van der Waals surface area contributed by atoms with Gasteiger partial charge in [0.1, 0.15) is 0 Å². The molecule has 5 rings (SSSR count). The third-order valence-corrected chi connectivity index (χ3v) is 7.29. The lowest BCUT2D eigenvalue weighted by Crippen LogP contribution is -2.43. The Kier molecular flexibility index (Phi) is 6.64. The lowest BCUT2D eigenvalue weighted by molar-refractivity contribution is -0.113. The van der Waals surface area contributed by atoms with Crippen LogP contribution in [0.25, 0.3) is 11.6 Å². The number of para-hydroxylation sites is 1. The molecular weight excluding hydrogens is 416 g/mol. The number of nitrogens with zero attached hydrogens (tertiary/aromatic N) is 2. The highest BCUT2D eigenvalue weighted by Crippen LogP contribution is 2.38. The summed E-state index contributed by atoms with van der Waals surface area (Å²) in [5.74, 6) is 1.34. The minimum Gasteiger partial charge on any atom is -0.294 e. The standard InChI is InChI=1S/C31H34N2O/c1-23(2)27-14-12-25(13-15-27)21-29-28-10-6-7-11-30(28)33(31(29)34)22-32-18-16-26(17-19-32)20-24-8-4-3-5-9-24/h3-15,21,23,26H,16-20,22H2,1-2H3. The minimum atomic E-state index is 0.112. The van der Waals surface area contributed by atoms with E-state index in [2.05, 4.69) is 91.6 Å². The van der Waals surface area contributed by atoms with Crippen LogP contribution in [0.3, 0.4) is 0 Å². The average molecular weight is 451 g/mol. The molecular formula is C31H34N2O. The van der Waals surface area contributed by atoms with Crippen LogP contribution < -0.4 is 4.90 Å². The van der Waals surface area contributed by atoms with Gasteiger partial charge in [-0.1, -0.05) is 86.6 Å². The molecule has 0 aromatic heterocycles. The largest absolute Gasteiger partial charge is 0.294 e. The summed E-state index contributed by atoms with van der Waals surface area (Å²) in [5.41, 5.74) is 6.69. The number of likely N-dealkylation sites (tertiary alicyclic amines) is 1. The summed E-state index contributed by atoms with van der Waals surface area (Å²) in [6, 6.07) is 27.6. The predicted octanol–water partition coefficient (Wildman–Crippen LogP) is 6.61. The van der Waals surface area contributed by atoms with E-state index in [1.807, 2.05) is 17.0 Å². The second-order valence-corrected chi connectivity index (χ2v) is 10.0. The van der Waals surface area contributed by atoms with Crippen LogP contribution in [-0.4, -0.2) is 30.6 Å². The van der Waals surface area contributed by atoms with Crippen LogP contribution in [0.2, 0.25) is 0 Å².